The summed E-state index contributed by atoms with van der Waals surface area (Å²) in [7, 11) is 0. The lowest BCUT2D eigenvalue weighted by molar-refractivity contribution is 0.976. The van der Waals surface area contributed by atoms with Gasteiger partial charge in [0.05, 0.1) is 16.9 Å². The molecule has 1 radical (unpaired) electrons. The van der Waals surface area contributed by atoms with Crippen molar-refractivity contribution in [2.24, 2.45) is 5.10 Å². The molecule has 6 heavy (non-hydrogen) atoms. The van der Waals surface area contributed by atoms with Crippen LogP contribution in [-0.2, 0) is 0 Å². The van der Waals surface area contributed by atoms with Gasteiger partial charge >= 0.3 is 0 Å². The third kappa shape index (κ3) is 0.597. The lowest BCUT2D eigenvalue weighted by Gasteiger charge is -1.65. The van der Waals surface area contributed by atoms with Gasteiger partial charge in [-0.05, 0) is 15.9 Å². The molecule has 0 fully saturated rings. The predicted octanol–water partition coefficient (Wildman–Crippen LogP) is 0.826. The summed E-state index contributed by atoms with van der Waals surface area (Å²) in [6.07, 6.45) is 3.28. The fourth-order valence-electron chi connectivity index (χ4n) is 0.210. The van der Waals surface area contributed by atoms with Gasteiger partial charge in [0, 0.05) is 0 Å². The molecule has 0 saturated carbocycles. The summed E-state index contributed by atoms with van der Waals surface area (Å²) in [6, 6.07) is 0. The summed E-state index contributed by atoms with van der Waals surface area (Å²) in [5.41, 5.74) is 3.52. The average Bonchev–Trinajstić information content (AvgIpc) is 1.86. The molecule has 0 aromatic heterocycles. The Morgan fingerprint density at radius 2 is 2.50 bits per heavy atom. The molecule has 31 valence electrons. The van der Waals surface area contributed by atoms with E-state index in [4.69, 9.17) is 0 Å². The molecule has 0 aliphatic carbocycles. The van der Waals surface area contributed by atoms with Crippen LogP contribution in [0.2, 0.25) is 0 Å². The maximum absolute atomic E-state index is 3.52. The highest BCUT2D eigenvalue weighted by molar-refractivity contribution is 9.12. The van der Waals surface area contributed by atoms with Crippen LogP contribution < -0.4 is 5.43 Å². The van der Waals surface area contributed by atoms with Crippen LogP contribution >= 0.6 is 15.9 Å². The van der Waals surface area contributed by atoms with Crippen molar-refractivity contribution in [1.82, 2.24) is 5.43 Å². The maximum Gasteiger partial charge on any atom is 0.0654 e. The van der Waals surface area contributed by atoms with Gasteiger partial charge in [-0.1, -0.05) is 0 Å². The predicted molar refractivity (Wildman–Crippen MR) is 27.6 cm³/mol. The highest BCUT2D eigenvalue weighted by Gasteiger charge is 1.89. The Bertz CT molecular complexity index is 103. The van der Waals surface area contributed by atoms with Crippen molar-refractivity contribution in [3.05, 3.63) is 10.7 Å². The van der Waals surface area contributed by atoms with E-state index in [0.29, 0.717) is 0 Å². The van der Waals surface area contributed by atoms with Crippen molar-refractivity contribution < 1.29 is 0 Å². The summed E-state index contributed by atoms with van der Waals surface area (Å²) >= 11 is 3.16. The molecule has 0 atom stereocenters. The van der Waals surface area contributed by atoms with Gasteiger partial charge in [-0.15, -0.1) is 0 Å². The number of rotatable bonds is 0. The second kappa shape index (κ2) is 1.43. The average molecular weight is 146 g/mol. The normalized spacial score (nSPS) is 17.2. The van der Waals surface area contributed by atoms with Crippen molar-refractivity contribution in [2.45, 2.75) is 0 Å². The van der Waals surface area contributed by atoms with E-state index in [2.05, 4.69) is 26.5 Å². The topological polar surface area (TPSA) is 26.5 Å². The highest BCUT2D eigenvalue weighted by Crippen LogP contribution is 2.02. The molecular weight excluding hydrogens is 144 g/mol. The highest BCUT2D eigenvalue weighted by atomic mass is 79.9. The third-order valence-corrected chi connectivity index (χ3v) is 0.838. The summed E-state index contributed by atoms with van der Waals surface area (Å²) in [5, 5.41) is 3.52. The van der Waals surface area contributed by atoms with Gasteiger partial charge in [-0.2, -0.15) is 10.5 Å². The monoisotopic (exact) mass is 145 g/mol. The first kappa shape index (κ1) is 3.87. The number of hydrogen-bond donors (Lipinski definition) is 0. The Balaban J connectivity index is 2.68. The van der Waals surface area contributed by atoms with Gasteiger partial charge in [0.25, 0.3) is 0 Å². The molecule has 0 aromatic rings. The van der Waals surface area contributed by atoms with E-state index in [1.54, 1.807) is 12.4 Å². The molecule has 0 N–H and O–H groups in total. The summed E-state index contributed by atoms with van der Waals surface area (Å²) in [6.45, 7) is 0. The van der Waals surface area contributed by atoms with Gasteiger partial charge in [0.15, 0.2) is 0 Å². The second-order valence-electron chi connectivity index (χ2n) is 0.874. The van der Waals surface area contributed by atoms with E-state index in [0.717, 1.165) is 4.48 Å². The molecule has 0 bridgehead atoms. The first-order valence-corrected chi connectivity index (χ1v) is 2.28. The lowest BCUT2D eigenvalue weighted by atomic mass is 10.7. The molecule has 0 amide bonds. The van der Waals surface area contributed by atoms with Gasteiger partial charge in [0.1, 0.15) is 0 Å². The molecule has 1 aliphatic heterocycles. The first-order valence-electron chi connectivity index (χ1n) is 1.48. The molecule has 3 heteroatoms. The molecule has 1 aliphatic rings. The van der Waals surface area contributed by atoms with Gasteiger partial charge in [-0.25, -0.2) is 0 Å². The minimum atomic E-state index is 0.933. The zero-order valence-electron chi connectivity index (χ0n) is 2.93. The molecule has 1 heterocycles. The van der Waals surface area contributed by atoms with Crippen LogP contribution in [0.1, 0.15) is 0 Å². The first-order chi connectivity index (χ1) is 2.89. The molecule has 1 rings (SSSR count). The Morgan fingerprint density at radius 1 is 1.67 bits per heavy atom. The molecule has 0 saturated heterocycles. The van der Waals surface area contributed by atoms with Crippen LogP contribution in [0.15, 0.2) is 15.8 Å². The third-order valence-electron chi connectivity index (χ3n) is 0.429. The van der Waals surface area contributed by atoms with Crippen LogP contribution in [0.5, 0.6) is 0 Å². The zero-order valence-corrected chi connectivity index (χ0v) is 4.51. The van der Waals surface area contributed by atoms with Gasteiger partial charge in [0.2, 0.25) is 0 Å². The number of allylic oxidation sites excluding steroid dienone is 1. The SMILES string of the molecule is BrC1=C[N]N=C1. The van der Waals surface area contributed by atoms with Crippen molar-refractivity contribution >= 4 is 22.1 Å². The minimum absolute atomic E-state index is 0.933. The minimum Gasteiger partial charge on any atom is -0.158 e. The number of nitrogens with zero attached hydrogens (tertiary/aromatic N) is 2. The Kier molecular flexibility index (Phi) is 0.919. The lowest BCUT2D eigenvalue weighted by Crippen LogP contribution is -1.69. The summed E-state index contributed by atoms with van der Waals surface area (Å²) in [4.78, 5) is 0. The van der Waals surface area contributed by atoms with Crippen molar-refractivity contribution in [3.63, 3.8) is 0 Å². The zero-order chi connectivity index (χ0) is 4.41. The standard InChI is InChI=1S/C3H2BrN2/c4-3-1-5-6-2-3/h1-2H. The largest absolute Gasteiger partial charge is 0.158 e. The summed E-state index contributed by atoms with van der Waals surface area (Å²) in [5.74, 6) is 0. The summed E-state index contributed by atoms with van der Waals surface area (Å²) < 4.78 is 0.933. The van der Waals surface area contributed by atoms with E-state index in [-0.39, 0.29) is 0 Å². The van der Waals surface area contributed by atoms with Crippen LogP contribution in [0.25, 0.3) is 0 Å². The van der Waals surface area contributed by atoms with Crippen molar-refractivity contribution in [3.8, 4) is 0 Å². The fourth-order valence-corrected chi connectivity index (χ4v) is 0.393. The maximum atomic E-state index is 3.52. The smallest absolute Gasteiger partial charge is 0.0654 e. The van der Waals surface area contributed by atoms with E-state index in [1.165, 1.54) is 0 Å². The second-order valence-corrected chi connectivity index (χ2v) is 1.79. The van der Waals surface area contributed by atoms with Crippen molar-refractivity contribution in [2.75, 3.05) is 0 Å². The van der Waals surface area contributed by atoms with Crippen LogP contribution in [0.3, 0.4) is 0 Å². The van der Waals surface area contributed by atoms with Crippen LogP contribution in [0, 0.1) is 0 Å². The molecule has 0 spiro atoms. The Hall–Kier alpha value is -0.310. The Morgan fingerprint density at radius 3 is 2.67 bits per heavy atom. The van der Waals surface area contributed by atoms with Gasteiger partial charge in [-0.3, -0.25) is 0 Å². The quantitative estimate of drug-likeness (QED) is 0.483. The fraction of sp³-hybridized carbons (Fsp3) is 0. The van der Waals surface area contributed by atoms with Crippen LogP contribution in [0.4, 0.5) is 0 Å². The molecular formula is C3H2BrN2. The van der Waals surface area contributed by atoms with Crippen molar-refractivity contribution in [1.29, 1.82) is 0 Å². The molecule has 0 unspecified atom stereocenters. The number of halogens is 1. The van der Waals surface area contributed by atoms with Gasteiger partial charge < -0.3 is 0 Å². The van der Waals surface area contributed by atoms with E-state index in [9.17, 15) is 0 Å². The van der Waals surface area contributed by atoms with Crippen LogP contribution in [-0.4, -0.2) is 6.21 Å². The Labute approximate surface area is 44.1 Å². The molecule has 0 aromatic carbocycles. The van der Waals surface area contributed by atoms with E-state index >= 15 is 0 Å². The molecule has 2 nitrogen and oxygen atoms in total. The number of hydrogen-bond acceptors (Lipinski definition) is 1. The van der Waals surface area contributed by atoms with E-state index in [1.807, 2.05) is 0 Å². The van der Waals surface area contributed by atoms with E-state index < -0.39 is 0 Å².